The van der Waals surface area contributed by atoms with Gasteiger partial charge in [-0.25, -0.2) is 0 Å². The lowest BCUT2D eigenvalue weighted by Crippen LogP contribution is -2.16. The summed E-state index contributed by atoms with van der Waals surface area (Å²) in [6.07, 6.45) is 8.19. The van der Waals surface area contributed by atoms with E-state index in [1.165, 1.54) is 38.5 Å². The quantitative estimate of drug-likeness (QED) is 0.731. The highest BCUT2D eigenvalue weighted by atomic mass is 79.9. The maximum absolute atomic E-state index is 12.1. The van der Waals surface area contributed by atoms with E-state index in [2.05, 4.69) is 21.2 Å². The number of nitrogens with one attached hydrogen (secondary N) is 1. The lowest BCUT2D eigenvalue weighted by molar-refractivity contribution is -0.117. The summed E-state index contributed by atoms with van der Waals surface area (Å²) >= 11 is 9.30. The molecule has 0 radical (unpaired) electrons. The van der Waals surface area contributed by atoms with Crippen LogP contribution in [0, 0.1) is 5.92 Å². The highest BCUT2D eigenvalue weighted by molar-refractivity contribution is 9.10. The van der Waals surface area contributed by atoms with Crippen LogP contribution in [0.25, 0.3) is 0 Å². The smallest absolute Gasteiger partial charge is 0.224 e. The van der Waals surface area contributed by atoms with Gasteiger partial charge in [-0.05, 0) is 52.9 Å². The second-order valence-electron chi connectivity index (χ2n) is 5.23. The monoisotopic (exact) mass is 343 g/mol. The van der Waals surface area contributed by atoms with Crippen LogP contribution in [-0.2, 0) is 4.79 Å². The summed E-state index contributed by atoms with van der Waals surface area (Å²) in [5.74, 6) is 0.656. The lowest BCUT2D eigenvalue weighted by atomic mass is 9.96. The minimum Gasteiger partial charge on any atom is -0.325 e. The number of rotatable bonds is 3. The van der Waals surface area contributed by atoms with E-state index in [-0.39, 0.29) is 5.91 Å². The van der Waals surface area contributed by atoms with Gasteiger partial charge < -0.3 is 5.32 Å². The second kappa shape index (κ2) is 7.30. The molecular weight excluding hydrogens is 326 g/mol. The number of carbonyl (C=O) groups is 1. The van der Waals surface area contributed by atoms with Crippen LogP contribution >= 0.6 is 27.5 Å². The predicted molar refractivity (Wildman–Crippen MR) is 83.6 cm³/mol. The summed E-state index contributed by atoms with van der Waals surface area (Å²) in [5.41, 5.74) is 0.794. The van der Waals surface area contributed by atoms with Crippen LogP contribution in [0.5, 0.6) is 0 Å². The van der Waals surface area contributed by atoms with Crippen molar-refractivity contribution in [2.75, 3.05) is 5.32 Å². The van der Waals surface area contributed by atoms with Gasteiger partial charge in [0.2, 0.25) is 5.91 Å². The maximum Gasteiger partial charge on any atom is 0.224 e. The third-order valence-corrected chi connectivity index (χ3v) is 4.55. The predicted octanol–water partition coefficient (Wildman–Crippen LogP) is 5.40. The highest BCUT2D eigenvalue weighted by Gasteiger charge is 2.16. The fourth-order valence-electron chi connectivity index (χ4n) is 2.62. The summed E-state index contributed by atoms with van der Waals surface area (Å²) in [4.78, 5) is 12.1. The summed E-state index contributed by atoms with van der Waals surface area (Å²) in [6, 6.07) is 5.41. The Morgan fingerprint density at radius 1 is 1.26 bits per heavy atom. The van der Waals surface area contributed by atoms with Gasteiger partial charge in [0.05, 0.1) is 5.69 Å². The first-order chi connectivity index (χ1) is 9.15. The Bertz CT molecular complexity index is 442. The first-order valence-electron chi connectivity index (χ1n) is 6.90. The van der Waals surface area contributed by atoms with Gasteiger partial charge in [0, 0.05) is 15.9 Å². The zero-order valence-electron chi connectivity index (χ0n) is 10.9. The van der Waals surface area contributed by atoms with Gasteiger partial charge in [0.15, 0.2) is 0 Å². The van der Waals surface area contributed by atoms with E-state index in [4.69, 9.17) is 11.6 Å². The summed E-state index contributed by atoms with van der Waals surface area (Å²) in [5, 5.41) is 3.62. The Hall–Kier alpha value is -0.540. The second-order valence-corrected chi connectivity index (χ2v) is 6.52. The minimum absolute atomic E-state index is 0.106. The van der Waals surface area contributed by atoms with Crippen LogP contribution in [0.15, 0.2) is 22.7 Å². The Morgan fingerprint density at radius 2 is 1.95 bits per heavy atom. The van der Waals surface area contributed by atoms with Crippen molar-refractivity contribution in [3.63, 3.8) is 0 Å². The van der Waals surface area contributed by atoms with Crippen LogP contribution in [0.1, 0.15) is 44.9 Å². The molecule has 1 fully saturated rings. The molecular formula is C15H19BrClNO. The molecule has 0 aromatic heterocycles. The standard InChI is InChI=1S/C15H19BrClNO/c16-13-10-12(17)7-8-14(13)18-15(19)9-11-5-3-1-2-4-6-11/h7-8,10-11H,1-6,9H2,(H,18,19). The van der Waals surface area contributed by atoms with Crippen molar-refractivity contribution in [3.8, 4) is 0 Å². The van der Waals surface area contributed by atoms with Gasteiger partial charge in [0.1, 0.15) is 0 Å². The molecule has 104 valence electrons. The molecule has 0 aliphatic heterocycles. The largest absolute Gasteiger partial charge is 0.325 e. The van der Waals surface area contributed by atoms with Crippen molar-refractivity contribution in [2.45, 2.75) is 44.9 Å². The third kappa shape index (κ3) is 4.81. The number of halogens is 2. The topological polar surface area (TPSA) is 29.1 Å². The highest BCUT2D eigenvalue weighted by Crippen LogP contribution is 2.28. The molecule has 2 nitrogen and oxygen atoms in total. The normalized spacial score (nSPS) is 16.9. The fraction of sp³-hybridized carbons (Fsp3) is 0.533. The molecule has 2 rings (SSSR count). The molecule has 1 N–H and O–H groups in total. The van der Waals surface area contributed by atoms with E-state index < -0.39 is 0 Å². The average molecular weight is 345 g/mol. The Kier molecular flexibility index (Phi) is 5.71. The van der Waals surface area contributed by atoms with Crippen LogP contribution in [-0.4, -0.2) is 5.91 Å². The Balaban J connectivity index is 1.89. The van der Waals surface area contributed by atoms with Crippen LogP contribution < -0.4 is 5.32 Å². The van der Waals surface area contributed by atoms with Crippen molar-refractivity contribution in [2.24, 2.45) is 5.92 Å². The molecule has 1 aromatic rings. The molecule has 0 heterocycles. The van der Waals surface area contributed by atoms with Gasteiger partial charge in [-0.2, -0.15) is 0 Å². The molecule has 0 atom stereocenters. The fourth-order valence-corrected chi connectivity index (χ4v) is 3.40. The van der Waals surface area contributed by atoms with Crippen molar-refractivity contribution >= 4 is 39.1 Å². The number of hydrogen-bond acceptors (Lipinski definition) is 1. The number of benzene rings is 1. The van der Waals surface area contributed by atoms with Crippen molar-refractivity contribution in [1.82, 2.24) is 0 Å². The number of anilines is 1. The first kappa shape index (κ1) is 14.9. The summed E-state index contributed by atoms with van der Waals surface area (Å²) in [6.45, 7) is 0. The Morgan fingerprint density at radius 3 is 2.58 bits per heavy atom. The first-order valence-corrected chi connectivity index (χ1v) is 8.07. The van der Waals surface area contributed by atoms with E-state index in [0.717, 1.165) is 10.2 Å². The van der Waals surface area contributed by atoms with Crippen molar-refractivity contribution in [3.05, 3.63) is 27.7 Å². The van der Waals surface area contributed by atoms with Gasteiger partial charge in [-0.15, -0.1) is 0 Å². The molecule has 1 amide bonds. The molecule has 4 heteroatoms. The van der Waals surface area contributed by atoms with Gasteiger partial charge >= 0.3 is 0 Å². The lowest BCUT2D eigenvalue weighted by Gasteiger charge is -2.14. The maximum atomic E-state index is 12.1. The summed E-state index contributed by atoms with van der Waals surface area (Å²) < 4.78 is 0.828. The van der Waals surface area contributed by atoms with E-state index in [0.29, 0.717) is 17.4 Å². The molecule has 0 unspecified atom stereocenters. The van der Waals surface area contributed by atoms with E-state index >= 15 is 0 Å². The molecule has 19 heavy (non-hydrogen) atoms. The number of amides is 1. The van der Waals surface area contributed by atoms with E-state index in [9.17, 15) is 4.79 Å². The van der Waals surface area contributed by atoms with Gasteiger partial charge in [-0.3, -0.25) is 4.79 Å². The van der Waals surface area contributed by atoms with Crippen LogP contribution in [0.3, 0.4) is 0 Å². The Labute approximate surface area is 128 Å². The SMILES string of the molecule is O=C(CC1CCCCCC1)Nc1ccc(Cl)cc1Br. The number of hydrogen-bond donors (Lipinski definition) is 1. The van der Waals surface area contributed by atoms with Crippen molar-refractivity contribution in [1.29, 1.82) is 0 Å². The van der Waals surface area contributed by atoms with Crippen molar-refractivity contribution < 1.29 is 4.79 Å². The average Bonchev–Trinajstić information content (AvgIpc) is 2.61. The number of carbonyl (C=O) groups excluding carboxylic acids is 1. The summed E-state index contributed by atoms with van der Waals surface area (Å²) in [7, 11) is 0. The van der Waals surface area contributed by atoms with Gasteiger partial charge in [0.25, 0.3) is 0 Å². The molecule has 0 bridgehead atoms. The minimum atomic E-state index is 0.106. The zero-order chi connectivity index (χ0) is 13.7. The van der Waals surface area contributed by atoms with Gasteiger partial charge in [-0.1, -0.05) is 37.3 Å². The zero-order valence-corrected chi connectivity index (χ0v) is 13.3. The van der Waals surface area contributed by atoms with E-state index in [1.807, 2.05) is 6.07 Å². The van der Waals surface area contributed by atoms with E-state index in [1.54, 1.807) is 12.1 Å². The molecule has 1 aliphatic carbocycles. The van der Waals surface area contributed by atoms with Crippen LogP contribution in [0.2, 0.25) is 5.02 Å². The molecule has 1 saturated carbocycles. The molecule has 1 aromatic carbocycles. The third-order valence-electron chi connectivity index (χ3n) is 3.65. The molecule has 1 aliphatic rings. The molecule has 0 spiro atoms. The molecule has 0 saturated heterocycles. The van der Waals surface area contributed by atoms with Crippen LogP contribution in [0.4, 0.5) is 5.69 Å².